The number of amides is 2. The van der Waals surface area contributed by atoms with Crippen LogP contribution in [0.25, 0.3) is 11.5 Å². The molecule has 0 spiro atoms. The van der Waals surface area contributed by atoms with Crippen LogP contribution in [0.1, 0.15) is 17.5 Å². The highest BCUT2D eigenvalue weighted by Gasteiger charge is 2.23. The second-order valence-electron chi connectivity index (χ2n) is 6.63. The molecule has 3 aromatic carbocycles. The van der Waals surface area contributed by atoms with Crippen molar-refractivity contribution >= 4 is 23.3 Å². The van der Waals surface area contributed by atoms with Crippen LogP contribution in [-0.4, -0.2) is 23.3 Å². The van der Waals surface area contributed by atoms with Crippen LogP contribution in [0.3, 0.4) is 0 Å². The van der Waals surface area contributed by atoms with Crippen molar-refractivity contribution in [1.29, 1.82) is 0 Å². The van der Waals surface area contributed by atoms with Gasteiger partial charge in [-0.2, -0.15) is 0 Å². The normalized spacial score (nSPS) is 11.5. The number of hydrogen-bond acceptors (Lipinski definition) is 5. The Morgan fingerprint density at radius 3 is 2.52 bits per heavy atom. The number of methoxy groups -OCH3 is 1. The van der Waals surface area contributed by atoms with Gasteiger partial charge in [0.05, 0.1) is 7.11 Å². The molecule has 2 amide bonds. The number of urea groups is 1. The molecular formula is C23H19ClN4O3. The average molecular weight is 435 g/mol. The Labute approximate surface area is 184 Å². The van der Waals surface area contributed by atoms with Crippen LogP contribution in [0.15, 0.2) is 83.3 Å². The monoisotopic (exact) mass is 434 g/mol. The fourth-order valence-electron chi connectivity index (χ4n) is 2.99. The van der Waals surface area contributed by atoms with Crippen molar-refractivity contribution in [2.75, 3.05) is 12.4 Å². The molecule has 0 saturated carbocycles. The Bertz CT molecular complexity index is 1160. The number of nitrogens with one attached hydrogen (secondary N) is 2. The second kappa shape index (κ2) is 9.32. The van der Waals surface area contributed by atoms with E-state index in [4.69, 9.17) is 20.8 Å². The summed E-state index contributed by atoms with van der Waals surface area (Å²) in [7, 11) is 1.57. The molecule has 4 aromatic rings. The fraction of sp³-hybridized carbons (Fsp3) is 0.0870. The number of carbonyl (C=O) groups is 1. The van der Waals surface area contributed by atoms with E-state index in [9.17, 15) is 4.79 Å². The summed E-state index contributed by atoms with van der Waals surface area (Å²) in [5.41, 5.74) is 2.12. The number of ether oxygens (including phenoxy) is 1. The minimum absolute atomic E-state index is 0.252. The molecule has 8 heteroatoms. The molecule has 0 aliphatic rings. The highest BCUT2D eigenvalue weighted by Crippen LogP contribution is 2.26. The number of anilines is 1. The third kappa shape index (κ3) is 5.02. The smallest absolute Gasteiger partial charge is 0.320 e. The molecular weight excluding hydrogens is 416 g/mol. The summed E-state index contributed by atoms with van der Waals surface area (Å²) >= 11 is 6.03. The van der Waals surface area contributed by atoms with Gasteiger partial charge in [-0.1, -0.05) is 48.0 Å². The van der Waals surface area contributed by atoms with E-state index in [1.54, 1.807) is 55.6 Å². The quantitative estimate of drug-likeness (QED) is 0.429. The number of halogens is 1. The zero-order chi connectivity index (χ0) is 21.6. The first-order valence-corrected chi connectivity index (χ1v) is 9.86. The zero-order valence-electron chi connectivity index (χ0n) is 16.6. The zero-order valence-corrected chi connectivity index (χ0v) is 17.3. The number of nitrogens with zero attached hydrogens (tertiary/aromatic N) is 2. The standard InChI is InChI=1S/C23H19ClN4O3/c1-30-19-9-5-8-18(14-19)25-23(29)26-20(15-10-12-17(24)13-11-15)22-28-27-21(31-22)16-6-3-2-4-7-16/h2-14,20H,1H3,(H2,25,26,29). The first-order chi connectivity index (χ1) is 15.1. The van der Waals surface area contributed by atoms with Gasteiger partial charge in [0.15, 0.2) is 0 Å². The van der Waals surface area contributed by atoms with Crippen molar-refractivity contribution in [2.24, 2.45) is 0 Å². The van der Waals surface area contributed by atoms with E-state index < -0.39 is 12.1 Å². The Hall–Kier alpha value is -3.84. The van der Waals surface area contributed by atoms with E-state index >= 15 is 0 Å². The number of rotatable bonds is 6. The van der Waals surface area contributed by atoms with E-state index in [0.717, 1.165) is 11.1 Å². The average Bonchev–Trinajstić information content (AvgIpc) is 3.29. The summed E-state index contributed by atoms with van der Waals surface area (Å²) in [6.45, 7) is 0. The largest absolute Gasteiger partial charge is 0.497 e. The summed E-state index contributed by atoms with van der Waals surface area (Å²) in [6.07, 6.45) is 0. The maximum Gasteiger partial charge on any atom is 0.320 e. The third-order valence-electron chi connectivity index (χ3n) is 4.51. The summed E-state index contributed by atoms with van der Waals surface area (Å²) in [4.78, 5) is 12.7. The van der Waals surface area contributed by atoms with E-state index in [1.807, 2.05) is 30.3 Å². The number of benzene rings is 3. The van der Waals surface area contributed by atoms with E-state index in [1.165, 1.54) is 0 Å². The van der Waals surface area contributed by atoms with Gasteiger partial charge in [-0.25, -0.2) is 4.79 Å². The van der Waals surface area contributed by atoms with Crippen molar-refractivity contribution in [3.63, 3.8) is 0 Å². The van der Waals surface area contributed by atoms with Gasteiger partial charge in [0, 0.05) is 22.3 Å². The minimum Gasteiger partial charge on any atom is -0.497 e. The van der Waals surface area contributed by atoms with Crippen LogP contribution in [0, 0.1) is 0 Å². The van der Waals surface area contributed by atoms with Crippen molar-refractivity contribution in [3.8, 4) is 17.2 Å². The van der Waals surface area contributed by atoms with Crippen LogP contribution >= 0.6 is 11.6 Å². The predicted octanol–water partition coefficient (Wildman–Crippen LogP) is 5.31. The van der Waals surface area contributed by atoms with Crippen molar-refractivity contribution < 1.29 is 13.9 Å². The molecule has 0 fully saturated rings. The van der Waals surface area contributed by atoms with E-state index in [2.05, 4.69) is 20.8 Å². The summed E-state index contributed by atoms with van der Waals surface area (Å²) in [6, 6.07) is 22.4. The van der Waals surface area contributed by atoms with Crippen molar-refractivity contribution in [1.82, 2.24) is 15.5 Å². The lowest BCUT2D eigenvalue weighted by Gasteiger charge is -2.16. The maximum atomic E-state index is 12.7. The van der Waals surface area contributed by atoms with Gasteiger partial charge in [0.1, 0.15) is 11.8 Å². The van der Waals surface area contributed by atoms with Crippen LogP contribution in [0.5, 0.6) is 5.75 Å². The molecule has 31 heavy (non-hydrogen) atoms. The van der Waals surface area contributed by atoms with E-state index in [0.29, 0.717) is 22.4 Å². The SMILES string of the molecule is COc1cccc(NC(=O)NC(c2ccc(Cl)cc2)c2nnc(-c3ccccc3)o2)c1. The van der Waals surface area contributed by atoms with Gasteiger partial charge in [0.25, 0.3) is 0 Å². The van der Waals surface area contributed by atoms with E-state index in [-0.39, 0.29) is 5.89 Å². The fourth-order valence-corrected chi connectivity index (χ4v) is 3.12. The Morgan fingerprint density at radius 1 is 1.00 bits per heavy atom. The summed E-state index contributed by atoms with van der Waals surface area (Å²) in [5.74, 6) is 1.25. The van der Waals surface area contributed by atoms with Crippen LogP contribution in [-0.2, 0) is 0 Å². The molecule has 1 unspecified atom stereocenters. The molecule has 0 saturated heterocycles. The molecule has 7 nitrogen and oxygen atoms in total. The second-order valence-corrected chi connectivity index (χ2v) is 7.06. The predicted molar refractivity (Wildman–Crippen MR) is 118 cm³/mol. The maximum absolute atomic E-state index is 12.7. The van der Waals surface area contributed by atoms with Gasteiger partial charge in [-0.15, -0.1) is 10.2 Å². The van der Waals surface area contributed by atoms with Gasteiger partial charge >= 0.3 is 6.03 Å². The van der Waals surface area contributed by atoms with Gasteiger partial charge in [0.2, 0.25) is 11.8 Å². The van der Waals surface area contributed by atoms with Crippen LogP contribution in [0.2, 0.25) is 5.02 Å². The third-order valence-corrected chi connectivity index (χ3v) is 4.77. The molecule has 0 bridgehead atoms. The van der Waals surface area contributed by atoms with Crippen molar-refractivity contribution in [2.45, 2.75) is 6.04 Å². The molecule has 156 valence electrons. The number of carbonyl (C=O) groups excluding carboxylic acids is 1. The number of aromatic nitrogens is 2. The Balaban J connectivity index is 1.60. The van der Waals surface area contributed by atoms with Crippen LogP contribution < -0.4 is 15.4 Å². The molecule has 1 heterocycles. The Morgan fingerprint density at radius 2 is 1.77 bits per heavy atom. The highest BCUT2D eigenvalue weighted by atomic mass is 35.5. The molecule has 1 aromatic heterocycles. The lowest BCUT2D eigenvalue weighted by molar-refractivity contribution is 0.248. The number of hydrogen-bond donors (Lipinski definition) is 2. The lowest BCUT2D eigenvalue weighted by atomic mass is 10.1. The van der Waals surface area contributed by atoms with Gasteiger partial charge in [-0.3, -0.25) is 0 Å². The summed E-state index contributed by atoms with van der Waals surface area (Å²) in [5, 5.41) is 14.6. The van der Waals surface area contributed by atoms with Gasteiger partial charge < -0.3 is 19.8 Å². The first-order valence-electron chi connectivity index (χ1n) is 9.48. The molecule has 0 aliphatic carbocycles. The van der Waals surface area contributed by atoms with Crippen LogP contribution in [0.4, 0.5) is 10.5 Å². The lowest BCUT2D eigenvalue weighted by Crippen LogP contribution is -2.33. The molecule has 0 aliphatic heterocycles. The topological polar surface area (TPSA) is 89.3 Å². The molecule has 2 N–H and O–H groups in total. The van der Waals surface area contributed by atoms with Crippen molar-refractivity contribution in [3.05, 3.63) is 95.3 Å². The highest BCUT2D eigenvalue weighted by molar-refractivity contribution is 6.30. The first kappa shape index (κ1) is 20.4. The van der Waals surface area contributed by atoms with Gasteiger partial charge in [-0.05, 0) is 42.0 Å². The molecule has 0 radical (unpaired) electrons. The summed E-state index contributed by atoms with van der Waals surface area (Å²) < 4.78 is 11.1. The molecule has 1 atom stereocenters. The Kier molecular flexibility index (Phi) is 6.14. The molecule has 4 rings (SSSR count). The minimum atomic E-state index is -0.673.